The van der Waals surface area contributed by atoms with Crippen LogP contribution in [0.3, 0.4) is 0 Å². The molecule has 12 heavy (non-hydrogen) atoms. The highest BCUT2D eigenvalue weighted by molar-refractivity contribution is 4.83. The first kappa shape index (κ1) is 9.71. The maximum absolute atomic E-state index is 5.33. The molecule has 0 radical (unpaired) electrons. The molecular formula is C9H18N2O. The molecule has 2 N–H and O–H groups in total. The molecule has 0 spiro atoms. The highest BCUT2D eigenvalue weighted by atomic mass is 16.5. The van der Waals surface area contributed by atoms with Crippen molar-refractivity contribution in [2.24, 2.45) is 5.73 Å². The summed E-state index contributed by atoms with van der Waals surface area (Å²) in [6, 6.07) is 0. The molecule has 0 aromatic rings. The molecular weight excluding hydrogens is 152 g/mol. The van der Waals surface area contributed by atoms with E-state index in [2.05, 4.69) is 11.0 Å². The van der Waals surface area contributed by atoms with Crippen molar-refractivity contribution in [1.29, 1.82) is 0 Å². The molecule has 0 aromatic carbocycles. The lowest BCUT2D eigenvalue weighted by molar-refractivity contribution is 0.0387. The number of morpholine rings is 1. The van der Waals surface area contributed by atoms with E-state index in [4.69, 9.17) is 10.5 Å². The van der Waals surface area contributed by atoms with Gasteiger partial charge in [-0.25, -0.2) is 0 Å². The maximum atomic E-state index is 5.33. The fourth-order valence-electron chi connectivity index (χ4n) is 1.30. The zero-order valence-corrected chi connectivity index (χ0v) is 7.54. The van der Waals surface area contributed by atoms with Crippen LogP contribution >= 0.6 is 0 Å². The van der Waals surface area contributed by atoms with Crippen molar-refractivity contribution in [2.45, 2.75) is 6.42 Å². The molecule has 1 rings (SSSR count). The van der Waals surface area contributed by atoms with Crippen LogP contribution in [0.25, 0.3) is 0 Å². The summed E-state index contributed by atoms with van der Waals surface area (Å²) in [5.41, 5.74) is 5.33. The van der Waals surface area contributed by atoms with Gasteiger partial charge in [0.2, 0.25) is 0 Å². The summed E-state index contributed by atoms with van der Waals surface area (Å²) in [6.07, 6.45) is 5.27. The number of hydrogen-bond donors (Lipinski definition) is 1. The predicted molar refractivity (Wildman–Crippen MR) is 50.1 cm³/mol. The van der Waals surface area contributed by atoms with Crippen molar-refractivity contribution in [3.8, 4) is 0 Å². The summed E-state index contributed by atoms with van der Waals surface area (Å²) in [4.78, 5) is 2.42. The van der Waals surface area contributed by atoms with Crippen LogP contribution in [0.1, 0.15) is 6.42 Å². The Kier molecular flexibility index (Phi) is 4.99. The molecule has 1 heterocycles. The first-order valence-electron chi connectivity index (χ1n) is 4.58. The number of hydrogen-bond acceptors (Lipinski definition) is 3. The van der Waals surface area contributed by atoms with Gasteiger partial charge in [-0.05, 0) is 6.42 Å². The normalized spacial score (nSPS) is 20.4. The van der Waals surface area contributed by atoms with Crippen LogP contribution in [0.2, 0.25) is 0 Å². The molecule has 0 aromatic heterocycles. The van der Waals surface area contributed by atoms with Gasteiger partial charge in [0.25, 0.3) is 0 Å². The lowest BCUT2D eigenvalue weighted by atomic mass is 10.3. The standard InChI is InChI=1S/C9H18N2O/c10-4-2-1-3-5-11-6-8-12-9-7-11/h1-2H,3-10H2/b2-1-. The highest BCUT2D eigenvalue weighted by Gasteiger charge is 2.07. The fraction of sp³-hybridized carbons (Fsp3) is 0.778. The Labute approximate surface area is 74.2 Å². The molecule has 0 saturated carbocycles. The summed E-state index contributed by atoms with van der Waals surface area (Å²) in [7, 11) is 0. The van der Waals surface area contributed by atoms with Crippen molar-refractivity contribution >= 4 is 0 Å². The molecule has 1 aliphatic rings. The number of nitrogens with two attached hydrogens (primary N) is 1. The maximum Gasteiger partial charge on any atom is 0.0594 e. The molecule has 1 aliphatic heterocycles. The van der Waals surface area contributed by atoms with E-state index in [1.54, 1.807) is 0 Å². The number of ether oxygens (including phenoxy) is 1. The van der Waals surface area contributed by atoms with E-state index < -0.39 is 0 Å². The van der Waals surface area contributed by atoms with Gasteiger partial charge in [-0.1, -0.05) is 12.2 Å². The van der Waals surface area contributed by atoms with Crippen molar-refractivity contribution < 1.29 is 4.74 Å². The minimum Gasteiger partial charge on any atom is -0.379 e. The van der Waals surface area contributed by atoms with Crippen LogP contribution in [0.4, 0.5) is 0 Å². The molecule has 3 nitrogen and oxygen atoms in total. The summed E-state index contributed by atoms with van der Waals surface area (Å²) >= 11 is 0. The molecule has 70 valence electrons. The fourth-order valence-corrected chi connectivity index (χ4v) is 1.30. The van der Waals surface area contributed by atoms with Crippen molar-refractivity contribution in [3.63, 3.8) is 0 Å². The Hall–Kier alpha value is -0.380. The van der Waals surface area contributed by atoms with E-state index in [0.29, 0.717) is 6.54 Å². The second-order valence-electron chi connectivity index (χ2n) is 2.95. The Balaban J connectivity index is 2.01. The van der Waals surface area contributed by atoms with E-state index in [-0.39, 0.29) is 0 Å². The van der Waals surface area contributed by atoms with Crippen LogP contribution in [0.5, 0.6) is 0 Å². The van der Waals surface area contributed by atoms with E-state index in [1.165, 1.54) is 0 Å². The van der Waals surface area contributed by atoms with Gasteiger partial charge in [0, 0.05) is 26.2 Å². The van der Waals surface area contributed by atoms with Gasteiger partial charge in [0.15, 0.2) is 0 Å². The monoisotopic (exact) mass is 170 g/mol. The second kappa shape index (κ2) is 6.17. The minimum absolute atomic E-state index is 0.656. The molecule has 0 amide bonds. The SMILES string of the molecule is NC/C=C\CCN1CCOCC1. The first-order valence-corrected chi connectivity index (χ1v) is 4.58. The van der Waals surface area contributed by atoms with Crippen LogP contribution in [-0.4, -0.2) is 44.3 Å². The Morgan fingerprint density at radius 3 is 2.67 bits per heavy atom. The Morgan fingerprint density at radius 1 is 1.25 bits per heavy atom. The van der Waals surface area contributed by atoms with Crippen LogP contribution in [0.15, 0.2) is 12.2 Å². The van der Waals surface area contributed by atoms with Gasteiger partial charge in [0.1, 0.15) is 0 Å². The van der Waals surface area contributed by atoms with E-state index in [1.807, 2.05) is 6.08 Å². The van der Waals surface area contributed by atoms with Gasteiger partial charge < -0.3 is 10.5 Å². The lowest BCUT2D eigenvalue weighted by Gasteiger charge is -2.25. The summed E-state index contributed by atoms with van der Waals surface area (Å²) in [5.74, 6) is 0. The average molecular weight is 170 g/mol. The van der Waals surface area contributed by atoms with Crippen molar-refractivity contribution in [1.82, 2.24) is 4.90 Å². The molecule has 0 atom stereocenters. The molecule has 0 aliphatic carbocycles. The summed E-state index contributed by atoms with van der Waals surface area (Å²) in [6.45, 7) is 5.73. The van der Waals surface area contributed by atoms with E-state index >= 15 is 0 Å². The molecule has 3 heteroatoms. The van der Waals surface area contributed by atoms with Gasteiger partial charge in [-0.3, -0.25) is 4.90 Å². The minimum atomic E-state index is 0.656. The third kappa shape index (κ3) is 3.85. The molecule has 0 bridgehead atoms. The number of nitrogens with zero attached hydrogens (tertiary/aromatic N) is 1. The predicted octanol–water partition coefficient (Wildman–Crippen LogP) is 0.224. The van der Waals surface area contributed by atoms with Gasteiger partial charge in [0.05, 0.1) is 13.2 Å². The largest absolute Gasteiger partial charge is 0.379 e. The van der Waals surface area contributed by atoms with Gasteiger partial charge in [-0.15, -0.1) is 0 Å². The average Bonchev–Trinajstić information content (AvgIpc) is 2.14. The van der Waals surface area contributed by atoms with E-state index in [0.717, 1.165) is 39.3 Å². The molecule has 1 saturated heterocycles. The lowest BCUT2D eigenvalue weighted by Crippen LogP contribution is -2.36. The summed E-state index contributed by atoms with van der Waals surface area (Å²) in [5, 5.41) is 0. The van der Waals surface area contributed by atoms with Crippen LogP contribution < -0.4 is 5.73 Å². The first-order chi connectivity index (χ1) is 5.93. The van der Waals surface area contributed by atoms with Gasteiger partial charge in [-0.2, -0.15) is 0 Å². The highest BCUT2D eigenvalue weighted by Crippen LogP contribution is 1.97. The van der Waals surface area contributed by atoms with E-state index in [9.17, 15) is 0 Å². The smallest absolute Gasteiger partial charge is 0.0594 e. The van der Waals surface area contributed by atoms with Crippen molar-refractivity contribution in [3.05, 3.63) is 12.2 Å². The van der Waals surface area contributed by atoms with Gasteiger partial charge >= 0.3 is 0 Å². The van der Waals surface area contributed by atoms with Crippen LogP contribution in [0, 0.1) is 0 Å². The van der Waals surface area contributed by atoms with Crippen molar-refractivity contribution in [2.75, 3.05) is 39.4 Å². The van der Waals surface area contributed by atoms with Crippen LogP contribution in [-0.2, 0) is 4.74 Å². The molecule has 1 fully saturated rings. The zero-order chi connectivity index (χ0) is 8.65. The second-order valence-corrected chi connectivity index (χ2v) is 2.95. The quantitative estimate of drug-likeness (QED) is 0.614. The molecule has 0 unspecified atom stereocenters. The Morgan fingerprint density at radius 2 is 2.00 bits per heavy atom. The third-order valence-electron chi connectivity index (χ3n) is 2.02. The Bertz CT molecular complexity index is 130. The summed E-state index contributed by atoms with van der Waals surface area (Å²) < 4.78 is 5.25. The third-order valence-corrected chi connectivity index (χ3v) is 2.02. The topological polar surface area (TPSA) is 38.5 Å². The number of rotatable bonds is 4. The zero-order valence-electron chi connectivity index (χ0n) is 7.54.